The summed E-state index contributed by atoms with van der Waals surface area (Å²) in [5, 5.41) is 14.0. The first-order valence-corrected chi connectivity index (χ1v) is 13.4. The Kier molecular flexibility index (Phi) is 7.09. The van der Waals surface area contributed by atoms with Gasteiger partial charge in [-0.05, 0) is 63.6 Å². The highest BCUT2D eigenvalue weighted by Crippen LogP contribution is 2.52. The molecule has 7 nitrogen and oxygen atoms in total. The van der Waals surface area contributed by atoms with Crippen LogP contribution >= 0.6 is 11.6 Å². The molecule has 1 saturated carbocycles. The van der Waals surface area contributed by atoms with Gasteiger partial charge in [-0.1, -0.05) is 53.2 Å². The minimum atomic E-state index is -0.806. The predicted molar refractivity (Wildman–Crippen MR) is 142 cm³/mol. The fourth-order valence-electron chi connectivity index (χ4n) is 5.95. The molecule has 0 radical (unpaired) electrons. The van der Waals surface area contributed by atoms with E-state index in [9.17, 15) is 14.7 Å². The molecule has 0 unspecified atom stereocenters. The van der Waals surface area contributed by atoms with Crippen LogP contribution in [0.2, 0.25) is 5.02 Å². The lowest BCUT2D eigenvalue weighted by molar-refractivity contribution is -0.175. The lowest BCUT2D eigenvalue weighted by Crippen LogP contribution is -2.54. The zero-order valence-corrected chi connectivity index (χ0v) is 22.6. The van der Waals surface area contributed by atoms with Crippen molar-refractivity contribution in [1.29, 1.82) is 0 Å². The minimum Gasteiger partial charge on any atom is -0.481 e. The summed E-state index contributed by atoms with van der Waals surface area (Å²) in [6.07, 6.45) is 2.92. The second-order valence-electron chi connectivity index (χ2n) is 10.8. The summed E-state index contributed by atoms with van der Waals surface area (Å²) < 4.78 is 17.5. The molecule has 200 valence electrons. The average molecular weight is 538 g/mol. The number of aliphatic carboxylic acids is 1. The van der Waals surface area contributed by atoms with E-state index in [0.717, 1.165) is 42.4 Å². The molecule has 38 heavy (non-hydrogen) atoms. The largest absolute Gasteiger partial charge is 0.481 e. The fraction of sp³-hybridized carbons (Fsp3) is 0.433. The number of esters is 1. The molecule has 0 spiro atoms. The number of carbonyl (C=O) groups excluding carboxylic acids is 1. The number of halogens is 1. The van der Waals surface area contributed by atoms with Crippen LogP contribution < -0.4 is 0 Å². The Labute approximate surface area is 227 Å². The van der Waals surface area contributed by atoms with Gasteiger partial charge < -0.3 is 19.1 Å². The van der Waals surface area contributed by atoms with E-state index in [2.05, 4.69) is 17.3 Å². The van der Waals surface area contributed by atoms with Gasteiger partial charge in [-0.3, -0.25) is 9.59 Å². The van der Waals surface area contributed by atoms with Crippen LogP contribution in [0.15, 0.2) is 47.0 Å². The van der Waals surface area contributed by atoms with E-state index in [4.69, 9.17) is 25.6 Å². The Balaban J connectivity index is 1.33. The van der Waals surface area contributed by atoms with Crippen molar-refractivity contribution in [3.8, 4) is 11.3 Å². The van der Waals surface area contributed by atoms with E-state index < -0.39 is 17.7 Å². The second kappa shape index (κ2) is 10.2. The molecule has 6 rings (SSSR count). The quantitative estimate of drug-likeness (QED) is 0.327. The molecule has 3 heterocycles. The molecule has 3 aromatic rings. The molecule has 2 saturated heterocycles. The smallest absolute Gasteiger partial charge is 0.311 e. The van der Waals surface area contributed by atoms with Crippen molar-refractivity contribution in [3.05, 3.63) is 75.4 Å². The van der Waals surface area contributed by atoms with Crippen LogP contribution in [0.4, 0.5) is 0 Å². The fourth-order valence-corrected chi connectivity index (χ4v) is 6.24. The van der Waals surface area contributed by atoms with Crippen molar-refractivity contribution >= 4 is 23.5 Å². The number of hydrogen-bond acceptors (Lipinski definition) is 6. The summed E-state index contributed by atoms with van der Waals surface area (Å²) >= 11 is 6.26. The standard InChI is InChI=1S/C30H32ClNO6/c1-18-14-21(29-10-12-30(13-11-29,36-17-29)16-26(33)34)8-9-22(18)28-24(19(2)32-38-28)15-27(35)37-20(3)23-6-4-5-7-25(23)31/h4-9,14,20H,10-13,15-17H2,1-3H3,(H,33,34)/t20-,29?,30?/m1/s1. The van der Waals surface area contributed by atoms with E-state index in [0.29, 0.717) is 28.6 Å². The minimum absolute atomic E-state index is 0.0318. The summed E-state index contributed by atoms with van der Waals surface area (Å²) in [4.78, 5) is 24.2. The Bertz CT molecular complexity index is 1350. The van der Waals surface area contributed by atoms with Crippen molar-refractivity contribution in [2.45, 2.75) is 76.4 Å². The van der Waals surface area contributed by atoms with E-state index in [1.807, 2.05) is 38.1 Å². The van der Waals surface area contributed by atoms with Gasteiger partial charge in [0.2, 0.25) is 0 Å². The molecule has 1 N–H and O–H groups in total. The van der Waals surface area contributed by atoms with Gasteiger partial charge in [0.05, 0.1) is 30.7 Å². The lowest BCUT2D eigenvalue weighted by atomic mass is 9.62. The highest BCUT2D eigenvalue weighted by Gasteiger charge is 2.51. The van der Waals surface area contributed by atoms with Crippen molar-refractivity contribution in [3.63, 3.8) is 0 Å². The monoisotopic (exact) mass is 537 g/mol. The maximum atomic E-state index is 12.9. The zero-order chi connectivity index (χ0) is 27.1. The number of rotatable bonds is 8. The van der Waals surface area contributed by atoms with Crippen LogP contribution in [0.25, 0.3) is 11.3 Å². The average Bonchev–Trinajstić information content (AvgIpc) is 3.24. The van der Waals surface area contributed by atoms with Crippen molar-refractivity contribution < 1.29 is 28.7 Å². The molecule has 1 atom stereocenters. The summed E-state index contributed by atoms with van der Waals surface area (Å²) in [5.74, 6) is -0.625. The number of fused-ring (bicyclic) bond motifs is 3. The first kappa shape index (κ1) is 26.4. The predicted octanol–water partition coefficient (Wildman–Crippen LogP) is 6.51. The molecule has 3 fully saturated rings. The Morgan fingerprint density at radius 2 is 1.87 bits per heavy atom. The summed E-state index contributed by atoms with van der Waals surface area (Å²) in [6.45, 7) is 6.17. The maximum Gasteiger partial charge on any atom is 0.311 e. The van der Waals surface area contributed by atoms with Crippen molar-refractivity contribution in [2.75, 3.05) is 6.61 Å². The summed E-state index contributed by atoms with van der Waals surface area (Å²) in [5.41, 5.74) is 4.55. The Hall–Kier alpha value is -3.16. The van der Waals surface area contributed by atoms with Gasteiger partial charge in [0, 0.05) is 27.1 Å². The molecule has 8 heteroatoms. The number of carboxylic acids is 1. The lowest BCUT2D eigenvalue weighted by Gasteiger charge is -2.53. The van der Waals surface area contributed by atoms with Gasteiger partial charge in [0.25, 0.3) is 0 Å². The molecule has 0 amide bonds. The van der Waals surface area contributed by atoms with Gasteiger partial charge in [-0.25, -0.2) is 0 Å². The van der Waals surface area contributed by atoms with E-state index in [1.165, 1.54) is 5.56 Å². The van der Waals surface area contributed by atoms with Crippen LogP contribution in [0, 0.1) is 13.8 Å². The summed E-state index contributed by atoms with van der Waals surface area (Å²) in [7, 11) is 0. The molecule has 2 bridgehead atoms. The third-order valence-corrected chi connectivity index (χ3v) is 8.63. The third-order valence-electron chi connectivity index (χ3n) is 8.29. The summed E-state index contributed by atoms with van der Waals surface area (Å²) in [6, 6.07) is 13.6. The zero-order valence-electron chi connectivity index (χ0n) is 21.9. The molecule has 1 aliphatic carbocycles. The highest BCUT2D eigenvalue weighted by atomic mass is 35.5. The SMILES string of the molecule is Cc1cc(C23CCC(CC(=O)O)(CC2)OC3)ccc1-c1onc(C)c1CC(=O)O[C@H](C)c1ccccc1Cl. The number of nitrogens with zero attached hydrogens (tertiary/aromatic N) is 1. The topological polar surface area (TPSA) is 98.9 Å². The number of benzene rings is 2. The molecule has 3 aliphatic rings. The van der Waals surface area contributed by atoms with Crippen molar-refractivity contribution in [2.24, 2.45) is 0 Å². The molecular formula is C30H32ClNO6. The number of ether oxygens (including phenoxy) is 2. The molecular weight excluding hydrogens is 506 g/mol. The van der Waals surface area contributed by atoms with Gasteiger partial charge in [-0.15, -0.1) is 0 Å². The highest BCUT2D eigenvalue weighted by molar-refractivity contribution is 6.31. The van der Waals surface area contributed by atoms with Gasteiger partial charge in [-0.2, -0.15) is 0 Å². The van der Waals surface area contributed by atoms with Crippen LogP contribution in [-0.4, -0.2) is 34.4 Å². The number of carbonyl (C=O) groups is 2. The van der Waals surface area contributed by atoms with Crippen LogP contribution in [0.1, 0.15) is 73.1 Å². The molecule has 2 aromatic carbocycles. The Morgan fingerprint density at radius 3 is 2.50 bits per heavy atom. The number of carboxylic acid groups (broad SMARTS) is 1. The number of aryl methyl sites for hydroxylation is 2. The first-order chi connectivity index (χ1) is 18.1. The van der Waals surface area contributed by atoms with Gasteiger partial charge >= 0.3 is 11.9 Å². The molecule has 1 aromatic heterocycles. The van der Waals surface area contributed by atoms with Crippen LogP contribution in [0.5, 0.6) is 0 Å². The van der Waals surface area contributed by atoms with Gasteiger partial charge in [0.15, 0.2) is 5.76 Å². The molecule has 2 aliphatic heterocycles. The van der Waals surface area contributed by atoms with Crippen molar-refractivity contribution in [1.82, 2.24) is 5.16 Å². The number of aromatic nitrogens is 1. The van der Waals surface area contributed by atoms with Crippen LogP contribution in [0.3, 0.4) is 0 Å². The number of hydrogen-bond donors (Lipinski definition) is 1. The second-order valence-corrected chi connectivity index (χ2v) is 11.2. The third kappa shape index (κ3) is 4.97. The van der Waals surface area contributed by atoms with E-state index in [1.54, 1.807) is 13.0 Å². The normalized spacial score (nSPS) is 23.3. The first-order valence-electron chi connectivity index (χ1n) is 13.0. The van der Waals surface area contributed by atoms with E-state index in [-0.39, 0.29) is 24.2 Å². The maximum absolute atomic E-state index is 12.9. The van der Waals surface area contributed by atoms with Crippen LogP contribution in [-0.2, 0) is 30.9 Å². The van der Waals surface area contributed by atoms with Gasteiger partial charge in [0.1, 0.15) is 6.10 Å². The Morgan fingerprint density at radius 1 is 1.13 bits per heavy atom. The van der Waals surface area contributed by atoms with E-state index >= 15 is 0 Å².